The maximum atomic E-state index is 11.7. The number of urea groups is 1. The lowest BCUT2D eigenvalue weighted by Crippen LogP contribution is -2.43. The molecule has 0 aromatic carbocycles. The Balaban J connectivity index is 1.99. The van der Waals surface area contributed by atoms with Crippen LogP contribution in [0.3, 0.4) is 0 Å². The summed E-state index contributed by atoms with van der Waals surface area (Å²) in [4.78, 5) is 24.9. The molecule has 1 rings (SSSR count). The number of nitrogens with one attached hydrogen (secondary N) is 2. The van der Waals surface area contributed by atoms with Crippen LogP contribution in [-0.4, -0.2) is 55.7 Å². The summed E-state index contributed by atoms with van der Waals surface area (Å²) in [5, 5.41) is 5.28. The van der Waals surface area contributed by atoms with Gasteiger partial charge in [-0.2, -0.15) is 0 Å². The molecular formula is C13H25N3O3. The highest BCUT2D eigenvalue weighted by atomic mass is 16.5. The largest absolute Gasteiger partial charge is 0.379 e. The summed E-state index contributed by atoms with van der Waals surface area (Å²) in [6, 6.07) is -0.294. The highest BCUT2D eigenvalue weighted by molar-refractivity contribution is 5.84. The molecular weight excluding hydrogens is 246 g/mol. The van der Waals surface area contributed by atoms with E-state index in [2.05, 4.69) is 10.6 Å². The first-order valence-electron chi connectivity index (χ1n) is 7.00. The average molecular weight is 271 g/mol. The molecule has 1 saturated heterocycles. The summed E-state index contributed by atoms with van der Waals surface area (Å²) in [5.41, 5.74) is 0. The van der Waals surface area contributed by atoms with Crippen molar-refractivity contribution in [3.05, 3.63) is 0 Å². The molecule has 110 valence electrons. The second-order valence-corrected chi connectivity index (χ2v) is 4.97. The van der Waals surface area contributed by atoms with Gasteiger partial charge < -0.3 is 20.3 Å². The van der Waals surface area contributed by atoms with Crippen molar-refractivity contribution in [1.82, 2.24) is 15.5 Å². The number of likely N-dealkylation sites (tertiary alicyclic amines) is 1. The van der Waals surface area contributed by atoms with Gasteiger partial charge in [0.05, 0.1) is 12.6 Å². The van der Waals surface area contributed by atoms with Crippen LogP contribution >= 0.6 is 0 Å². The molecule has 0 bridgehead atoms. The van der Waals surface area contributed by atoms with E-state index in [1.807, 2.05) is 13.8 Å². The van der Waals surface area contributed by atoms with E-state index in [1.165, 1.54) is 0 Å². The van der Waals surface area contributed by atoms with Crippen LogP contribution in [0.1, 0.15) is 33.1 Å². The van der Waals surface area contributed by atoms with Gasteiger partial charge in [-0.05, 0) is 33.1 Å². The van der Waals surface area contributed by atoms with Gasteiger partial charge in [-0.1, -0.05) is 0 Å². The molecule has 1 heterocycles. The molecule has 6 nitrogen and oxygen atoms in total. The summed E-state index contributed by atoms with van der Waals surface area (Å²) in [6.07, 6.45) is 3.11. The molecule has 0 unspecified atom stereocenters. The van der Waals surface area contributed by atoms with Gasteiger partial charge in [0.25, 0.3) is 0 Å². The summed E-state index contributed by atoms with van der Waals surface area (Å²) in [5.74, 6) is -0.00390. The highest BCUT2D eigenvalue weighted by Gasteiger charge is 2.17. The topological polar surface area (TPSA) is 70.7 Å². The first kappa shape index (κ1) is 15.8. The van der Waals surface area contributed by atoms with Crippen molar-refractivity contribution in [2.75, 3.05) is 32.8 Å². The maximum absolute atomic E-state index is 11.7. The Morgan fingerprint density at radius 2 is 1.89 bits per heavy atom. The van der Waals surface area contributed by atoms with Crippen molar-refractivity contribution >= 4 is 11.9 Å². The van der Waals surface area contributed by atoms with E-state index in [9.17, 15) is 9.59 Å². The van der Waals surface area contributed by atoms with Crippen LogP contribution in [0, 0.1) is 0 Å². The number of amides is 3. The van der Waals surface area contributed by atoms with Crippen LogP contribution in [0.15, 0.2) is 0 Å². The Labute approximate surface area is 114 Å². The fourth-order valence-electron chi connectivity index (χ4n) is 1.89. The third-order valence-electron chi connectivity index (χ3n) is 2.92. The molecule has 19 heavy (non-hydrogen) atoms. The molecule has 0 saturated carbocycles. The molecule has 1 fully saturated rings. The Hall–Kier alpha value is -1.30. The maximum Gasteiger partial charge on any atom is 0.315 e. The number of hydrogen-bond acceptors (Lipinski definition) is 3. The minimum absolute atomic E-state index is 0.00390. The van der Waals surface area contributed by atoms with Crippen molar-refractivity contribution in [3.63, 3.8) is 0 Å². The van der Waals surface area contributed by atoms with Crippen molar-refractivity contribution in [1.29, 1.82) is 0 Å². The number of hydrogen-bond donors (Lipinski definition) is 2. The minimum Gasteiger partial charge on any atom is -0.379 e. The second-order valence-electron chi connectivity index (χ2n) is 4.97. The summed E-state index contributed by atoms with van der Waals surface area (Å²) >= 11 is 0. The fraction of sp³-hybridized carbons (Fsp3) is 0.846. The molecule has 0 spiro atoms. The van der Waals surface area contributed by atoms with Gasteiger partial charge in [-0.15, -0.1) is 0 Å². The van der Waals surface area contributed by atoms with Crippen LogP contribution in [0.2, 0.25) is 0 Å². The smallest absolute Gasteiger partial charge is 0.315 e. The zero-order valence-electron chi connectivity index (χ0n) is 11.9. The van der Waals surface area contributed by atoms with Crippen LogP contribution in [0.4, 0.5) is 4.79 Å². The Morgan fingerprint density at radius 3 is 2.53 bits per heavy atom. The van der Waals surface area contributed by atoms with Gasteiger partial charge in [0.1, 0.15) is 0 Å². The van der Waals surface area contributed by atoms with E-state index in [0.717, 1.165) is 32.4 Å². The zero-order valence-corrected chi connectivity index (χ0v) is 11.9. The number of ether oxygens (including phenoxy) is 1. The van der Waals surface area contributed by atoms with Crippen LogP contribution in [-0.2, 0) is 9.53 Å². The Morgan fingerprint density at radius 1 is 1.21 bits per heavy atom. The molecule has 1 aliphatic rings. The first-order valence-corrected chi connectivity index (χ1v) is 7.00. The summed E-state index contributed by atoms with van der Waals surface area (Å²) in [7, 11) is 0. The third-order valence-corrected chi connectivity index (χ3v) is 2.92. The van der Waals surface area contributed by atoms with E-state index in [-0.39, 0.29) is 24.6 Å². The van der Waals surface area contributed by atoms with Gasteiger partial charge in [0, 0.05) is 26.2 Å². The normalized spacial score (nSPS) is 14.8. The molecule has 0 atom stereocenters. The van der Waals surface area contributed by atoms with E-state index in [1.54, 1.807) is 4.90 Å². The zero-order chi connectivity index (χ0) is 14.1. The highest BCUT2D eigenvalue weighted by Crippen LogP contribution is 2.06. The van der Waals surface area contributed by atoms with E-state index < -0.39 is 0 Å². The molecule has 0 aromatic heterocycles. The Kier molecular flexibility index (Phi) is 7.25. The van der Waals surface area contributed by atoms with Gasteiger partial charge in [-0.3, -0.25) is 4.79 Å². The van der Waals surface area contributed by atoms with Crippen LogP contribution in [0.25, 0.3) is 0 Å². The molecule has 0 aliphatic carbocycles. The molecule has 3 amide bonds. The number of rotatable bonds is 7. The van der Waals surface area contributed by atoms with E-state index >= 15 is 0 Å². The molecule has 6 heteroatoms. The molecule has 1 aliphatic heterocycles. The fourth-order valence-corrected chi connectivity index (χ4v) is 1.89. The van der Waals surface area contributed by atoms with Gasteiger partial charge in [0.15, 0.2) is 0 Å². The standard InChI is InChI=1S/C13H25N3O3/c1-11(2)19-9-5-6-14-13(18)15-10-12(17)16-7-3-4-8-16/h11H,3-10H2,1-2H3,(H2,14,15,18). The van der Waals surface area contributed by atoms with Gasteiger partial charge >= 0.3 is 6.03 Å². The van der Waals surface area contributed by atoms with Gasteiger partial charge in [-0.25, -0.2) is 4.79 Å². The first-order chi connectivity index (χ1) is 9.09. The summed E-state index contributed by atoms with van der Waals surface area (Å²) in [6.45, 7) is 6.84. The third kappa shape index (κ3) is 7.00. The lowest BCUT2D eigenvalue weighted by Gasteiger charge is -2.15. The van der Waals surface area contributed by atoms with Crippen molar-refractivity contribution in [2.24, 2.45) is 0 Å². The predicted octanol–water partition coefficient (Wildman–Crippen LogP) is 0.723. The van der Waals surface area contributed by atoms with E-state index in [0.29, 0.717) is 13.2 Å². The predicted molar refractivity (Wildman–Crippen MR) is 72.9 cm³/mol. The van der Waals surface area contributed by atoms with Crippen molar-refractivity contribution < 1.29 is 14.3 Å². The monoisotopic (exact) mass is 271 g/mol. The lowest BCUT2D eigenvalue weighted by atomic mass is 10.4. The number of carbonyl (C=O) groups excluding carboxylic acids is 2. The van der Waals surface area contributed by atoms with Crippen molar-refractivity contribution in [2.45, 2.75) is 39.2 Å². The Bertz CT molecular complexity index is 289. The molecule has 2 N–H and O–H groups in total. The average Bonchev–Trinajstić information content (AvgIpc) is 2.89. The number of nitrogens with zero attached hydrogens (tertiary/aromatic N) is 1. The second kappa shape index (κ2) is 8.74. The quantitative estimate of drug-likeness (QED) is 0.670. The molecule has 0 radical (unpaired) electrons. The lowest BCUT2D eigenvalue weighted by molar-refractivity contribution is -0.128. The van der Waals surface area contributed by atoms with Crippen LogP contribution in [0.5, 0.6) is 0 Å². The minimum atomic E-state index is -0.294. The number of carbonyl (C=O) groups is 2. The van der Waals surface area contributed by atoms with Crippen LogP contribution < -0.4 is 10.6 Å². The molecule has 0 aromatic rings. The van der Waals surface area contributed by atoms with Gasteiger partial charge in [0.2, 0.25) is 5.91 Å². The summed E-state index contributed by atoms with van der Waals surface area (Å²) < 4.78 is 5.36. The SMILES string of the molecule is CC(C)OCCCNC(=O)NCC(=O)N1CCCC1. The van der Waals surface area contributed by atoms with E-state index in [4.69, 9.17) is 4.74 Å². The van der Waals surface area contributed by atoms with Crippen molar-refractivity contribution in [3.8, 4) is 0 Å².